The Morgan fingerprint density at radius 3 is 2.24 bits per heavy atom. The van der Waals surface area contributed by atoms with Crippen LogP contribution in [0.5, 0.6) is 0 Å². The summed E-state index contributed by atoms with van der Waals surface area (Å²) in [6.45, 7) is 18.1. The molecule has 4 aliphatic carbocycles. The fourth-order valence-corrected chi connectivity index (χ4v) is 10.4. The number of aliphatic hydroxyl groups is 3. The van der Waals surface area contributed by atoms with E-state index < -0.39 is 5.60 Å². The maximum absolute atomic E-state index is 11.8. The van der Waals surface area contributed by atoms with Crippen LogP contribution in [-0.4, -0.2) is 46.2 Å². The van der Waals surface area contributed by atoms with E-state index in [4.69, 9.17) is 0 Å². The van der Waals surface area contributed by atoms with Gasteiger partial charge in [-0.05, 0) is 123 Å². The molecule has 10 atom stereocenters. The monoisotopic (exact) mass is 463 g/mol. The standard InChI is InChI=1S/C29H53NO3/c1-8-30-17-9-13-29(7,33)19-10-15-28(6)24(19)20(31)18-22-26(4)14-12-23(32)25(2,3)21(26)11-16-27(22,28)5/h19-24,30-33H,8-18H2,1-7H3/t19-,20+,21?,22?,23-,24?,26-,27+,28+,29-/m0/s1. The van der Waals surface area contributed by atoms with Crippen molar-refractivity contribution in [2.75, 3.05) is 13.1 Å². The number of hydrogen-bond donors (Lipinski definition) is 4. The lowest BCUT2D eigenvalue weighted by atomic mass is 9.35. The Labute approximate surface area is 203 Å². The molecule has 0 aromatic carbocycles. The third-order valence-corrected chi connectivity index (χ3v) is 12.5. The summed E-state index contributed by atoms with van der Waals surface area (Å²) in [7, 11) is 0. The van der Waals surface area contributed by atoms with Crippen LogP contribution in [0.25, 0.3) is 0 Å². The predicted molar refractivity (Wildman–Crippen MR) is 135 cm³/mol. The van der Waals surface area contributed by atoms with Crippen LogP contribution in [0.3, 0.4) is 0 Å². The van der Waals surface area contributed by atoms with Gasteiger partial charge in [0.1, 0.15) is 0 Å². The molecule has 4 heteroatoms. The molecule has 4 aliphatic rings. The second-order valence-corrected chi connectivity index (χ2v) is 14.1. The molecule has 0 saturated heterocycles. The van der Waals surface area contributed by atoms with Crippen molar-refractivity contribution < 1.29 is 15.3 Å². The highest BCUT2D eigenvalue weighted by Crippen LogP contribution is 2.75. The summed E-state index contributed by atoms with van der Waals surface area (Å²) >= 11 is 0. The molecule has 33 heavy (non-hydrogen) atoms. The molecule has 0 heterocycles. The van der Waals surface area contributed by atoms with Crippen molar-refractivity contribution >= 4 is 0 Å². The summed E-state index contributed by atoms with van der Waals surface area (Å²) in [4.78, 5) is 0. The van der Waals surface area contributed by atoms with Gasteiger partial charge in [0.15, 0.2) is 0 Å². The largest absolute Gasteiger partial charge is 0.393 e. The first-order chi connectivity index (χ1) is 15.3. The molecule has 0 spiro atoms. The molecule has 4 rings (SSSR count). The van der Waals surface area contributed by atoms with Gasteiger partial charge in [-0.3, -0.25) is 0 Å². The summed E-state index contributed by atoms with van der Waals surface area (Å²) in [5.41, 5.74) is -0.391. The van der Waals surface area contributed by atoms with Crippen molar-refractivity contribution in [3.8, 4) is 0 Å². The molecule has 0 radical (unpaired) electrons. The Hall–Kier alpha value is -0.160. The van der Waals surface area contributed by atoms with E-state index in [1.165, 1.54) is 12.8 Å². The van der Waals surface area contributed by atoms with Crippen molar-refractivity contribution in [2.45, 2.75) is 124 Å². The van der Waals surface area contributed by atoms with Crippen LogP contribution >= 0.6 is 0 Å². The van der Waals surface area contributed by atoms with E-state index in [0.29, 0.717) is 11.8 Å². The Balaban J connectivity index is 1.63. The topological polar surface area (TPSA) is 72.7 Å². The quantitative estimate of drug-likeness (QED) is 0.411. The molecule has 4 N–H and O–H groups in total. The van der Waals surface area contributed by atoms with E-state index in [1.54, 1.807) is 0 Å². The number of aliphatic hydroxyl groups excluding tert-OH is 2. The summed E-state index contributed by atoms with van der Waals surface area (Å²) in [5.74, 6) is 1.33. The van der Waals surface area contributed by atoms with Gasteiger partial charge in [-0.2, -0.15) is 0 Å². The third-order valence-electron chi connectivity index (χ3n) is 12.5. The van der Waals surface area contributed by atoms with Gasteiger partial charge in [0.2, 0.25) is 0 Å². The summed E-state index contributed by atoms with van der Waals surface area (Å²) < 4.78 is 0. The normalized spacial score (nSPS) is 50.7. The summed E-state index contributed by atoms with van der Waals surface area (Å²) in [5, 5.41) is 37.6. The second-order valence-electron chi connectivity index (χ2n) is 14.1. The van der Waals surface area contributed by atoms with Crippen LogP contribution < -0.4 is 5.32 Å². The molecule has 0 bridgehead atoms. The Bertz CT molecular complexity index is 722. The zero-order valence-corrected chi connectivity index (χ0v) is 22.6. The van der Waals surface area contributed by atoms with Gasteiger partial charge >= 0.3 is 0 Å². The minimum atomic E-state index is -0.722. The van der Waals surface area contributed by atoms with Gasteiger partial charge in [0.25, 0.3) is 0 Å². The van der Waals surface area contributed by atoms with Gasteiger partial charge < -0.3 is 20.6 Å². The Morgan fingerprint density at radius 2 is 1.58 bits per heavy atom. The summed E-state index contributed by atoms with van der Waals surface area (Å²) in [6, 6.07) is 0. The number of nitrogens with one attached hydrogen (secondary N) is 1. The van der Waals surface area contributed by atoms with Crippen molar-refractivity contribution in [1.29, 1.82) is 0 Å². The van der Waals surface area contributed by atoms with Crippen molar-refractivity contribution in [2.24, 2.45) is 45.3 Å². The second kappa shape index (κ2) is 8.46. The molecule has 4 saturated carbocycles. The average molecular weight is 464 g/mol. The molecule has 0 aromatic rings. The molecule has 192 valence electrons. The lowest BCUT2D eigenvalue weighted by molar-refractivity contribution is -0.246. The lowest BCUT2D eigenvalue weighted by Crippen LogP contribution is -2.66. The molecular weight excluding hydrogens is 410 g/mol. The first-order valence-electron chi connectivity index (χ1n) is 14.0. The maximum atomic E-state index is 11.8. The highest BCUT2D eigenvalue weighted by molar-refractivity contribution is 5.19. The van der Waals surface area contributed by atoms with Crippen molar-refractivity contribution in [3.63, 3.8) is 0 Å². The molecule has 3 unspecified atom stereocenters. The zero-order chi connectivity index (χ0) is 24.4. The van der Waals surface area contributed by atoms with E-state index in [9.17, 15) is 15.3 Å². The average Bonchev–Trinajstić information content (AvgIpc) is 3.11. The van der Waals surface area contributed by atoms with E-state index in [1.807, 2.05) is 6.92 Å². The van der Waals surface area contributed by atoms with Crippen LogP contribution in [0, 0.1) is 45.3 Å². The Kier molecular flexibility index (Phi) is 6.64. The van der Waals surface area contributed by atoms with Gasteiger partial charge in [0.05, 0.1) is 17.8 Å². The first-order valence-corrected chi connectivity index (χ1v) is 14.0. The molecule has 0 aliphatic heterocycles. The van der Waals surface area contributed by atoms with Gasteiger partial charge in [-0.1, -0.05) is 41.5 Å². The van der Waals surface area contributed by atoms with E-state index in [2.05, 4.69) is 46.9 Å². The van der Waals surface area contributed by atoms with Crippen molar-refractivity contribution in [3.05, 3.63) is 0 Å². The Morgan fingerprint density at radius 1 is 0.909 bits per heavy atom. The smallest absolute Gasteiger partial charge is 0.0652 e. The SMILES string of the molecule is CCNCCC[C@](C)(O)[C@H]1CC[C@]2(C)C1[C@H](O)CC1[C@@]3(C)CC[C@H](O)C(C)(C)C3CC[C@]12C. The van der Waals surface area contributed by atoms with Crippen LogP contribution in [0.4, 0.5) is 0 Å². The number of hydrogen-bond acceptors (Lipinski definition) is 4. The van der Waals surface area contributed by atoms with Gasteiger partial charge in [0, 0.05) is 0 Å². The number of fused-ring (bicyclic) bond motifs is 5. The highest BCUT2D eigenvalue weighted by Gasteiger charge is 2.71. The first kappa shape index (κ1) is 25.9. The maximum Gasteiger partial charge on any atom is 0.0652 e. The van der Waals surface area contributed by atoms with Crippen LogP contribution in [0.1, 0.15) is 106 Å². The lowest BCUT2D eigenvalue weighted by Gasteiger charge is -2.70. The molecule has 0 aromatic heterocycles. The van der Waals surface area contributed by atoms with Crippen LogP contribution in [0.15, 0.2) is 0 Å². The van der Waals surface area contributed by atoms with Crippen molar-refractivity contribution in [1.82, 2.24) is 5.32 Å². The van der Waals surface area contributed by atoms with E-state index in [-0.39, 0.29) is 45.7 Å². The van der Waals surface area contributed by atoms with Crippen LogP contribution in [0.2, 0.25) is 0 Å². The molecule has 4 nitrogen and oxygen atoms in total. The van der Waals surface area contributed by atoms with Gasteiger partial charge in [-0.15, -0.1) is 0 Å². The van der Waals surface area contributed by atoms with E-state index in [0.717, 1.165) is 58.0 Å². The summed E-state index contributed by atoms with van der Waals surface area (Å²) in [6.07, 6.45) is 8.54. The number of rotatable bonds is 6. The molecular formula is C29H53NO3. The van der Waals surface area contributed by atoms with Gasteiger partial charge in [-0.25, -0.2) is 0 Å². The minimum Gasteiger partial charge on any atom is -0.393 e. The van der Waals surface area contributed by atoms with Crippen LogP contribution in [-0.2, 0) is 0 Å². The highest BCUT2D eigenvalue weighted by atomic mass is 16.3. The predicted octanol–water partition coefficient (Wildman–Crippen LogP) is 5.14. The van der Waals surface area contributed by atoms with E-state index >= 15 is 0 Å². The fourth-order valence-electron chi connectivity index (χ4n) is 10.4. The molecule has 0 amide bonds. The minimum absolute atomic E-state index is 0.0554. The zero-order valence-electron chi connectivity index (χ0n) is 22.6. The molecule has 4 fully saturated rings. The third kappa shape index (κ3) is 3.67. The fraction of sp³-hybridized carbons (Fsp3) is 1.00.